The zero-order valence-corrected chi connectivity index (χ0v) is 13.8. The van der Waals surface area contributed by atoms with E-state index in [0.29, 0.717) is 12.6 Å². The fourth-order valence-corrected chi connectivity index (χ4v) is 4.00. The Morgan fingerprint density at radius 1 is 1.24 bits per heavy atom. The van der Waals surface area contributed by atoms with Gasteiger partial charge < -0.3 is 10.1 Å². The molecular formula is C17H32N2O2. The molecule has 2 aliphatic rings. The summed E-state index contributed by atoms with van der Waals surface area (Å²) in [6.45, 7) is 7.37. The zero-order valence-electron chi connectivity index (χ0n) is 13.8. The number of hydrogen-bond donors (Lipinski definition) is 1. The maximum absolute atomic E-state index is 12.2. The monoisotopic (exact) mass is 296 g/mol. The second-order valence-electron chi connectivity index (χ2n) is 6.53. The first-order valence-electron chi connectivity index (χ1n) is 8.89. The van der Waals surface area contributed by atoms with E-state index in [9.17, 15) is 4.79 Å². The Labute approximate surface area is 129 Å². The molecular weight excluding hydrogens is 264 g/mol. The molecule has 3 atom stereocenters. The van der Waals surface area contributed by atoms with Gasteiger partial charge in [-0.05, 0) is 32.1 Å². The molecule has 1 heterocycles. The van der Waals surface area contributed by atoms with Crippen molar-refractivity contribution in [2.24, 2.45) is 5.92 Å². The molecule has 0 spiro atoms. The van der Waals surface area contributed by atoms with Crippen LogP contribution in [-0.2, 0) is 9.53 Å². The number of rotatable bonds is 5. The summed E-state index contributed by atoms with van der Waals surface area (Å²) in [5.41, 5.74) is 0. The van der Waals surface area contributed by atoms with Crippen LogP contribution in [0.4, 0.5) is 0 Å². The number of esters is 1. The number of nitrogens with one attached hydrogen (secondary N) is 1. The second-order valence-corrected chi connectivity index (χ2v) is 6.53. The van der Waals surface area contributed by atoms with Gasteiger partial charge in [-0.15, -0.1) is 0 Å². The average Bonchev–Trinajstić information content (AvgIpc) is 2.73. The second kappa shape index (κ2) is 8.74. The molecule has 4 nitrogen and oxygen atoms in total. The number of hydrogen-bond acceptors (Lipinski definition) is 4. The van der Waals surface area contributed by atoms with E-state index in [1.807, 2.05) is 6.92 Å². The highest BCUT2D eigenvalue weighted by atomic mass is 16.5. The van der Waals surface area contributed by atoms with E-state index in [4.69, 9.17) is 4.74 Å². The summed E-state index contributed by atoms with van der Waals surface area (Å²) < 4.78 is 5.27. The number of ether oxygens (including phenoxy) is 1. The highest BCUT2D eigenvalue weighted by molar-refractivity contribution is 5.76. The molecule has 0 amide bonds. The van der Waals surface area contributed by atoms with Crippen LogP contribution in [0.3, 0.4) is 0 Å². The molecule has 4 heteroatoms. The van der Waals surface area contributed by atoms with Crippen LogP contribution in [0.25, 0.3) is 0 Å². The van der Waals surface area contributed by atoms with Crippen LogP contribution in [-0.4, -0.2) is 49.2 Å². The lowest BCUT2D eigenvalue weighted by atomic mass is 9.95. The number of nitrogens with zero attached hydrogens (tertiary/aromatic N) is 1. The van der Waals surface area contributed by atoms with Crippen LogP contribution in [0.2, 0.25) is 0 Å². The molecule has 0 aromatic rings. The molecule has 2 rings (SSSR count). The highest BCUT2D eigenvalue weighted by Crippen LogP contribution is 2.30. The van der Waals surface area contributed by atoms with Gasteiger partial charge in [-0.3, -0.25) is 9.69 Å². The van der Waals surface area contributed by atoms with Gasteiger partial charge in [0.25, 0.3) is 0 Å². The van der Waals surface area contributed by atoms with Crippen molar-refractivity contribution in [3.05, 3.63) is 0 Å². The number of carbonyl (C=O) groups is 1. The van der Waals surface area contributed by atoms with Crippen molar-refractivity contribution in [3.63, 3.8) is 0 Å². The van der Waals surface area contributed by atoms with Crippen molar-refractivity contribution in [1.82, 2.24) is 10.2 Å². The van der Waals surface area contributed by atoms with Crippen molar-refractivity contribution >= 4 is 5.97 Å². The summed E-state index contributed by atoms with van der Waals surface area (Å²) in [7, 11) is 0. The van der Waals surface area contributed by atoms with Crippen molar-refractivity contribution in [2.45, 2.75) is 70.9 Å². The van der Waals surface area contributed by atoms with Crippen molar-refractivity contribution in [1.29, 1.82) is 0 Å². The summed E-state index contributed by atoms with van der Waals surface area (Å²) in [4.78, 5) is 14.6. The van der Waals surface area contributed by atoms with Crippen LogP contribution in [0.1, 0.15) is 58.8 Å². The smallest absolute Gasteiger partial charge is 0.324 e. The molecule has 0 bridgehead atoms. The van der Waals surface area contributed by atoms with Gasteiger partial charge in [0.15, 0.2) is 0 Å². The minimum Gasteiger partial charge on any atom is -0.465 e. The Morgan fingerprint density at radius 2 is 2.10 bits per heavy atom. The number of piperazine rings is 1. The van der Waals surface area contributed by atoms with Crippen LogP contribution >= 0.6 is 0 Å². The van der Waals surface area contributed by atoms with Gasteiger partial charge in [0.1, 0.15) is 6.04 Å². The van der Waals surface area contributed by atoms with Crippen LogP contribution < -0.4 is 5.32 Å². The highest BCUT2D eigenvalue weighted by Gasteiger charge is 2.35. The van der Waals surface area contributed by atoms with Gasteiger partial charge in [-0.1, -0.05) is 32.6 Å². The predicted molar refractivity (Wildman–Crippen MR) is 85.3 cm³/mol. The predicted octanol–water partition coefficient (Wildman–Crippen LogP) is 2.57. The first kappa shape index (κ1) is 16.8. The Balaban J connectivity index is 1.95. The molecule has 2 fully saturated rings. The van der Waals surface area contributed by atoms with Gasteiger partial charge in [0, 0.05) is 25.7 Å². The van der Waals surface area contributed by atoms with E-state index in [1.54, 1.807) is 0 Å². The Kier molecular flexibility index (Phi) is 6.97. The summed E-state index contributed by atoms with van der Waals surface area (Å²) in [6.07, 6.45) is 9.19. The standard InChI is InChI=1S/C17H32N2O2/c1-3-6-14-7-5-8-15(10-9-14)19-12-11-18-13-16(19)17(20)21-4-2/h14-16,18H,3-13H2,1-2H3. The fourth-order valence-electron chi connectivity index (χ4n) is 4.00. The summed E-state index contributed by atoms with van der Waals surface area (Å²) in [6, 6.07) is 0.495. The molecule has 0 aromatic carbocycles. The van der Waals surface area contributed by atoms with Crippen LogP contribution in [0.15, 0.2) is 0 Å². The molecule has 1 saturated carbocycles. The SMILES string of the molecule is CCCC1CCCC(N2CCNCC2C(=O)OCC)CC1. The Hall–Kier alpha value is -0.610. The lowest BCUT2D eigenvalue weighted by molar-refractivity contribution is -0.151. The quantitative estimate of drug-likeness (QED) is 0.625. The maximum Gasteiger partial charge on any atom is 0.324 e. The first-order valence-corrected chi connectivity index (χ1v) is 8.89. The zero-order chi connectivity index (χ0) is 15.1. The van der Waals surface area contributed by atoms with Gasteiger partial charge in [-0.2, -0.15) is 0 Å². The number of carbonyl (C=O) groups excluding carboxylic acids is 1. The van der Waals surface area contributed by atoms with E-state index in [2.05, 4.69) is 17.1 Å². The third kappa shape index (κ3) is 4.68. The minimum absolute atomic E-state index is 0.0425. The first-order chi connectivity index (χ1) is 10.3. The molecule has 0 radical (unpaired) electrons. The lowest BCUT2D eigenvalue weighted by Gasteiger charge is -2.40. The van der Waals surface area contributed by atoms with E-state index in [1.165, 1.54) is 44.9 Å². The third-order valence-electron chi connectivity index (χ3n) is 5.07. The van der Waals surface area contributed by atoms with Crippen LogP contribution in [0.5, 0.6) is 0 Å². The molecule has 0 aromatic heterocycles. The maximum atomic E-state index is 12.2. The largest absolute Gasteiger partial charge is 0.465 e. The van der Waals surface area contributed by atoms with E-state index < -0.39 is 0 Å². The van der Waals surface area contributed by atoms with Crippen molar-refractivity contribution < 1.29 is 9.53 Å². The van der Waals surface area contributed by atoms with Gasteiger partial charge in [0.05, 0.1) is 6.61 Å². The third-order valence-corrected chi connectivity index (χ3v) is 5.07. The lowest BCUT2D eigenvalue weighted by Crippen LogP contribution is -2.58. The topological polar surface area (TPSA) is 41.6 Å². The van der Waals surface area contributed by atoms with Crippen LogP contribution in [0, 0.1) is 5.92 Å². The molecule has 1 N–H and O–H groups in total. The summed E-state index contributed by atoms with van der Waals surface area (Å²) in [5.74, 6) is 0.864. The normalized spacial score (nSPS) is 31.6. The minimum atomic E-state index is -0.0774. The molecule has 1 aliphatic heterocycles. The summed E-state index contributed by atoms with van der Waals surface area (Å²) in [5, 5.41) is 3.35. The summed E-state index contributed by atoms with van der Waals surface area (Å²) >= 11 is 0. The van der Waals surface area contributed by atoms with Gasteiger partial charge >= 0.3 is 5.97 Å². The molecule has 122 valence electrons. The Bertz CT molecular complexity index is 322. The van der Waals surface area contributed by atoms with Gasteiger partial charge in [-0.25, -0.2) is 0 Å². The van der Waals surface area contributed by atoms with E-state index in [-0.39, 0.29) is 12.0 Å². The van der Waals surface area contributed by atoms with E-state index >= 15 is 0 Å². The molecule has 21 heavy (non-hydrogen) atoms. The van der Waals surface area contributed by atoms with Crippen molar-refractivity contribution in [3.8, 4) is 0 Å². The van der Waals surface area contributed by atoms with Crippen molar-refractivity contribution in [2.75, 3.05) is 26.2 Å². The van der Waals surface area contributed by atoms with Gasteiger partial charge in [0.2, 0.25) is 0 Å². The average molecular weight is 296 g/mol. The van der Waals surface area contributed by atoms with E-state index in [0.717, 1.165) is 25.6 Å². The molecule has 1 saturated heterocycles. The fraction of sp³-hybridized carbons (Fsp3) is 0.941. The Morgan fingerprint density at radius 3 is 2.86 bits per heavy atom. The molecule has 1 aliphatic carbocycles. The molecule has 3 unspecified atom stereocenters.